The molecule has 0 bridgehead atoms. The van der Waals surface area contributed by atoms with Crippen molar-refractivity contribution < 1.29 is 4.74 Å². The van der Waals surface area contributed by atoms with Crippen LogP contribution in [-0.4, -0.2) is 12.1 Å². The summed E-state index contributed by atoms with van der Waals surface area (Å²) in [6.45, 7) is 0. The summed E-state index contributed by atoms with van der Waals surface area (Å²) in [5.74, 6) is 1.22. The minimum absolute atomic E-state index is 0.0165. The van der Waals surface area contributed by atoms with Crippen molar-refractivity contribution in [2.45, 2.75) is 31.2 Å². The fraction of sp³-hybridized carbons (Fsp3) is 0.400. The summed E-state index contributed by atoms with van der Waals surface area (Å²) in [4.78, 5) is 5.75. The van der Waals surface area contributed by atoms with Gasteiger partial charge in [0.25, 0.3) is 0 Å². The summed E-state index contributed by atoms with van der Waals surface area (Å²) < 4.78 is 5.24. The fourth-order valence-electron chi connectivity index (χ4n) is 2.81. The molecule has 4 heteroatoms. The maximum atomic E-state index is 6.47. The van der Waals surface area contributed by atoms with Crippen LogP contribution in [-0.2, 0) is 6.42 Å². The van der Waals surface area contributed by atoms with Crippen LogP contribution in [0.25, 0.3) is 0 Å². The van der Waals surface area contributed by atoms with E-state index in [9.17, 15) is 0 Å². The van der Waals surface area contributed by atoms with Crippen LogP contribution in [0.3, 0.4) is 0 Å². The molecule has 0 amide bonds. The average Bonchev–Trinajstić information content (AvgIpc) is 2.95. The van der Waals surface area contributed by atoms with Crippen LogP contribution in [0.2, 0.25) is 0 Å². The van der Waals surface area contributed by atoms with Crippen molar-refractivity contribution in [3.63, 3.8) is 0 Å². The molecule has 3 nitrogen and oxygen atoms in total. The van der Waals surface area contributed by atoms with Gasteiger partial charge in [-0.1, -0.05) is 6.07 Å². The molecule has 1 aliphatic rings. The highest BCUT2D eigenvalue weighted by Gasteiger charge is 2.28. The van der Waals surface area contributed by atoms with Crippen LogP contribution < -0.4 is 10.5 Å². The van der Waals surface area contributed by atoms with Crippen LogP contribution in [0.15, 0.2) is 29.8 Å². The van der Waals surface area contributed by atoms with E-state index in [-0.39, 0.29) is 6.04 Å². The Morgan fingerprint density at radius 3 is 3.21 bits per heavy atom. The Morgan fingerprint density at radius 2 is 2.42 bits per heavy atom. The quantitative estimate of drug-likeness (QED) is 0.934. The van der Waals surface area contributed by atoms with E-state index in [2.05, 4.69) is 11.1 Å². The Morgan fingerprint density at radius 1 is 1.53 bits per heavy atom. The molecular weight excluding hydrogens is 256 g/mol. The number of ether oxygens (including phenoxy) is 1. The van der Waals surface area contributed by atoms with Crippen molar-refractivity contribution in [1.29, 1.82) is 0 Å². The zero-order chi connectivity index (χ0) is 13.2. The molecular formula is C15H18N2OS. The van der Waals surface area contributed by atoms with Crippen molar-refractivity contribution in [1.82, 2.24) is 4.98 Å². The number of hydrogen-bond acceptors (Lipinski definition) is 4. The first-order valence-electron chi connectivity index (χ1n) is 6.61. The van der Waals surface area contributed by atoms with Gasteiger partial charge in [-0.2, -0.15) is 0 Å². The number of thiophene rings is 1. The highest BCUT2D eigenvalue weighted by Crippen LogP contribution is 2.40. The topological polar surface area (TPSA) is 48.1 Å². The second kappa shape index (κ2) is 5.31. The Labute approximate surface area is 117 Å². The van der Waals surface area contributed by atoms with E-state index in [0.29, 0.717) is 5.92 Å². The Bertz CT molecular complexity index is 567. The lowest BCUT2D eigenvalue weighted by Gasteiger charge is -2.28. The number of fused-ring (bicyclic) bond motifs is 1. The second-order valence-corrected chi connectivity index (χ2v) is 5.90. The van der Waals surface area contributed by atoms with Gasteiger partial charge in [-0.05, 0) is 37.0 Å². The van der Waals surface area contributed by atoms with Crippen molar-refractivity contribution in [2.24, 2.45) is 5.73 Å². The van der Waals surface area contributed by atoms with E-state index in [4.69, 9.17) is 10.5 Å². The van der Waals surface area contributed by atoms with E-state index >= 15 is 0 Å². The normalized spacial score (nSPS) is 19.8. The number of aryl methyl sites for hydroxylation is 1. The number of methoxy groups -OCH3 is 1. The van der Waals surface area contributed by atoms with Gasteiger partial charge in [-0.15, -0.1) is 11.3 Å². The smallest absolute Gasteiger partial charge is 0.129 e. The molecule has 0 radical (unpaired) electrons. The summed E-state index contributed by atoms with van der Waals surface area (Å²) in [5, 5.41) is 2.01. The van der Waals surface area contributed by atoms with E-state index in [0.717, 1.165) is 18.6 Å². The summed E-state index contributed by atoms with van der Waals surface area (Å²) in [6.07, 6.45) is 5.31. The lowest BCUT2D eigenvalue weighted by Crippen LogP contribution is -2.23. The van der Waals surface area contributed by atoms with Crippen LogP contribution in [0, 0.1) is 0 Å². The third kappa shape index (κ3) is 2.38. The molecule has 2 aromatic rings. The molecule has 19 heavy (non-hydrogen) atoms. The maximum Gasteiger partial charge on any atom is 0.129 e. The fourth-order valence-corrected chi connectivity index (χ4v) is 3.73. The third-order valence-electron chi connectivity index (χ3n) is 3.83. The number of nitrogens with zero attached hydrogens (tertiary/aromatic N) is 1. The second-order valence-electron chi connectivity index (χ2n) is 4.96. The highest BCUT2D eigenvalue weighted by atomic mass is 32.1. The van der Waals surface area contributed by atoms with Gasteiger partial charge in [-0.25, -0.2) is 0 Å². The molecule has 2 aromatic heterocycles. The van der Waals surface area contributed by atoms with Gasteiger partial charge in [0.2, 0.25) is 0 Å². The SMILES string of the molecule is COc1csc(C(N)C2CCCc3cccnc32)c1. The van der Waals surface area contributed by atoms with Crippen molar-refractivity contribution in [3.05, 3.63) is 45.9 Å². The van der Waals surface area contributed by atoms with E-state index in [1.54, 1.807) is 18.4 Å². The van der Waals surface area contributed by atoms with Gasteiger partial charge >= 0.3 is 0 Å². The average molecular weight is 274 g/mol. The van der Waals surface area contributed by atoms with Gasteiger partial charge in [0.15, 0.2) is 0 Å². The first-order valence-corrected chi connectivity index (χ1v) is 7.49. The Kier molecular flexibility index (Phi) is 3.53. The van der Waals surface area contributed by atoms with Gasteiger partial charge < -0.3 is 10.5 Å². The minimum atomic E-state index is 0.0165. The Balaban J connectivity index is 1.90. The molecule has 2 heterocycles. The molecule has 2 N–H and O–H groups in total. The number of aromatic nitrogens is 1. The van der Waals surface area contributed by atoms with Gasteiger partial charge in [0, 0.05) is 34.1 Å². The zero-order valence-electron chi connectivity index (χ0n) is 11.0. The van der Waals surface area contributed by atoms with Gasteiger partial charge in [0.1, 0.15) is 5.75 Å². The predicted octanol–water partition coefficient (Wildman–Crippen LogP) is 3.27. The summed E-state index contributed by atoms with van der Waals surface area (Å²) in [6, 6.07) is 6.26. The zero-order valence-corrected chi connectivity index (χ0v) is 11.8. The molecule has 0 spiro atoms. The van der Waals surface area contributed by atoms with Gasteiger partial charge in [0.05, 0.1) is 7.11 Å². The predicted molar refractivity (Wildman–Crippen MR) is 77.7 cm³/mol. The molecule has 0 aromatic carbocycles. The van der Waals surface area contributed by atoms with Gasteiger partial charge in [-0.3, -0.25) is 4.98 Å². The largest absolute Gasteiger partial charge is 0.496 e. The Hall–Kier alpha value is -1.39. The maximum absolute atomic E-state index is 6.47. The summed E-state index contributed by atoms with van der Waals surface area (Å²) in [7, 11) is 1.69. The number of pyridine rings is 1. The molecule has 3 rings (SSSR count). The van der Waals surface area contributed by atoms with Crippen LogP contribution in [0.1, 0.15) is 40.9 Å². The van der Waals surface area contributed by atoms with Crippen LogP contribution in [0.4, 0.5) is 0 Å². The minimum Gasteiger partial charge on any atom is -0.496 e. The first kappa shape index (κ1) is 12.6. The molecule has 1 aliphatic carbocycles. The van der Waals surface area contributed by atoms with Crippen LogP contribution >= 0.6 is 11.3 Å². The molecule has 0 aliphatic heterocycles. The molecule has 0 saturated heterocycles. The van der Waals surface area contributed by atoms with E-state index in [1.165, 1.54) is 22.6 Å². The molecule has 0 fully saturated rings. The standard InChI is InChI=1S/C15H18N2OS/c1-18-11-8-13(19-9-11)14(16)12-6-2-4-10-5-3-7-17-15(10)12/h3,5,7-9,12,14H,2,4,6,16H2,1H3. The summed E-state index contributed by atoms with van der Waals surface area (Å²) >= 11 is 1.67. The molecule has 100 valence electrons. The lowest BCUT2D eigenvalue weighted by molar-refractivity contribution is 0.415. The number of rotatable bonds is 3. The molecule has 0 saturated carbocycles. The highest BCUT2D eigenvalue weighted by molar-refractivity contribution is 7.10. The third-order valence-corrected chi connectivity index (χ3v) is 4.84. The van der Waals surface area contributed by atoms with E-state index < -0.39 is 0 Å². The van der Waals surface area contributed by atoms with Crippen molar-refractivity contribution in [2.75, 3.05) is 7.11 Å². The van der Waals surface area contributed by atoms with Crippen molar-refractivity contribution in [3.8, 4) is 5.75 Å². The first-order chi connectivity index (χ1) is 9.29. The number of hydrogen-bond donors (Lipinski definition) is 1. The van der Waals surface area contributed by atoms with Crippen LogP contribution in [0.5, 0.6) is 5.75 Å². The van der Waals surface area contributed by atoms with E-state index in [1.807, 2.05) is 23.7 Å². The lowest BCUT2D eigenvalue weighted by atomic mass is 9.82. The molecule has 2 atom stereocenters. The monoisotopic (exact) mass is 274 g/mol. The molecule has 2 unspecified atom stereocenters. The van der Waals surface area contributed by atoms with Crippen molar-refractivity contribution >= 4 is 11.3 Å². The number of nitrogens with two attached hydrogens (primary N) is 1. The summed E-state index contributed by atoms with van der Waals surface area (Å²) in [5.41, 5.74) is 9.02.